The first-order valence-electron chi connectivity index (χ1n) is 5.83. The highest BCUT2D eigenvalue weighted by Crippen LogP contribution is 2.26. The normalized spacial score (nSPS) is 12.0. The summed E-state index contributed by atoms with van der Waals surface area (Å²) in [6.07, 6.45) is 0.107. The molecule has 3 N–H and O–H groups in total. The number of carbonyl (C=O) groups excluding carboxylic acids is 1. The van der Waals surface area contributed by atoms with Gasteiger partial charge in [0.25, 0.3) is 5.91 Å². The molecular formula is C13H20N2O3. The molecule has 1 aromatic carbocycles. The summed E-state index contributed by atoms with van der Waals surface area (Å²) in [5.41, 5.74) is 6.63. The molecule has 0 spiro atoms. The molecule has 0 aliphatic rings. The van der Waals surface area contributed by atoms with Crippen molar-refractivity contribution in [3.8, 4) is 5.75 Å². The molecule has 5 nitrogen and oxygen atoms in total. The molecule has 0 aliphatic carbocycles. The van der Waals surface area contributed by atoms with E-state index in [-0.39, 0.29) is 5.91 Å². The van der Waals surface area contributed by atoms with Crippen LogP contribution < -0.4 is 10.5 Å². The second kappa shape index (κ2) is 6.26. The topological polar surface area (TPSA) is 75.8 Å². The van der Waals surface area contributed by atoms with Crippen molar-refractivity contribution in [2.75, 3.05) is 26.4 Å². The van der Waals surface area contributed by atoms with Crippen molar-refractivity contribution in [2.24, 2.45) is 0 Å². The minimum absolute atomic E-state index is 0.167. The zero-order valence-corrected chi connectivity index (χ0v) is 11.0. The third-order valence-electron chi connectivity index (χ3n) is 2.71. The number of aliphatic hydroxyl groups is 1. The van der Waals surface area contributed by atoms with E-state index in [4.69, 9.17) is 10.5 Å². The molecule has 18 heavy (non-hydrogen) atoms. The minimum atomic E-state index is -0.428. The van der Waals surface area contributed by atoms with E-state index in [2.05, 4.69) is 0 Å². The van der Waals surface area contributed by atoms with Gasteiger partial charge in [0.05, 0.1) is 24.5 Å². The first-order valence-corrected chi connectivity index (χ1v) is 5.83. The largest absolute Gasteiger partial charge is 0.494 e. The molecule has 0 fully saturated rings. The molecule has 0 saturated carbocycles. The number of nitrogen functional groups attached to an aromatic ring is 1. The average Bonchev–Trinajstić information content (AvgIpc) is 2.34. The van der Waals surface area contributed by atoms with Crippen LogP contribution in [0.2, 0.25) is 0 Å². The number of amides is 1. The van der Waals surface area contributed by atoms with Gasteiger partial charge in [-0.2, -0.15) is 0 Å². The van der Waals surface area contributed by atoms with E-state index in [0.29, 0.717) is 30.0 Å². The summed E-state index contributed by atoms with van der Waals surface area (Å²) in [6.45, 7) is 2.17. The molecule has 1 amide bonds. The fraction of sp³-hybridized carbons (Fsp3) is 0.462. The van der Waals surface area contributed by atoms with Crippen molar-refractivity contribution < 1.29 is 14.6 Å². The summed E-state index contributed by atoms with van der Waals surface area (Å²) in [5, 5.41) is 9.22. The van der Waals surface area contributed by atoms with Gasteiger partial charge in [-0.25, -0.2) is 0 Å². The molecule has 1 aromatic rings. The number of aliphatic hydroxyl groups excluding tert-OH is 1. The van der Waals surface area contributed by atoms with Crippen LogP contribution in [0.5, 0.6) is 5.75 Å². The van der Waals surface area contributed by atoms with Crippen molar-refractivity contribution in [1.82, 2.24) is 4.90 Å². The number of carbonyl (C=O) groups is 1. The van der Waals surface area contributed by atoms with Crippen LogP contribution in [-0.2, 0) is 0 Å². The van der Waals surface area contributed by atoms with E-state index in [9.17, 15) is 9.90 Å². The Morgan fingerprint density at radius 1 is 1.56 bits per heavy atom. The number of nitrogens with zero attached hydrogens (tertiary/aromatic N) is 1. The minimum Gasteiger partial charge on any atom is -0.494 e. The molecule has 0 saturated heterocycles. The molecule has 100 valence electrons. The van der Waals surface area contributed by atoms with Gasteiger partial charge >= 0.3 is 0 Å². The maximum Gasteiger partial charge on any atom is 0.257 e. The summed E-state index contributed by atoms with van der Waals surface area (Å²) < 4.78 is 5.15. The molecule has 0 aliphatic heterocycles. The quantitative estimate of drug-likeness (QED) is 0.770. The summed E-state index contributed by atoms with van der Waals surface area (Å²) >= 11 is 0. The number of anilines is 1. The molecule has 0 radical (unpaired) electrons. The summed E-state index contributed by atoms with van der Waals surface area (Å²) in [4.78, 5) is 13.7. The van der Waals surface area contributed by atoms with Crippen LogP contribution in [0.3, 0.4) is 0 Å². The Hall–Kier alpha value is -1.75. The lowest BCUT2D eigenvalue weighted by Gasteiger charge is -2.19. The summed E-state index contributed by atoms with van der Waals surface area (Å²) in [7, 11) is 3.17. The third-order valence-corrected chi connectivity index (χ3v) is 2.71. The van der Waals surface area contributed by atoms with Gasteiger partial charge in [0, 0.05) is 13.6 Å². The Bertz CT molecular complexity index is 419. The fourth-order valence-corrected chi connectivity index (χ4v) is 1.64. The van der Waals surface area contributed by atoms with Crippen LogP contribution in [0.4, 0.5) is 5.69 Å². The number of benzene rings is 1. The highest BCUT2D eigenvalue weighted by Gasteiger charge is 2.18. The van der Waals surface area contributed by atoms with E-state index < -0.39 is 6.10 Å². The van der Waals surface area contributed by atoms with Crippen LogP contribution in [-0.4, -0.2) is 42.7 Å². The van der Waals surface area contributed by atoms with E-state index in [1.165, 1.54) is 7.11 Å². The van der Waals surface area contributed by atoms with E-state index in [1.54, 1.807) is 37.1 Å². The number of nitrogens with two attached hydrogens (primary N) is 1. The van der Waals surface area contributed by atoms with Gasteiger partial charge in [0.2, 0.25) is 0 Å². The second-order valence-corrected chi connectivity index (χ2v) is 4.29. The molecule has 1 rings (SSSR count). The second-order valence-electron chi connectivity index (χ2n) is 4.29. The van der Waals surface area contributed by atoms with Gasteiger partial charge in [-0.1, -0.05) is 6.07 Å². The lowest BCUT2D eigenvalue weighted by atomic mass is 10.1. The molecule has 0 aromatic heterocycles. The lowest BCUT2D eigenvalue weighted by molar-refractivity contribution is 0.0766. The van der Waals surface area contributed by atoms with Crippen LogP contribution >= 0.6 is 0 Å². The molecule has 0 heterocycles. The Morgan fingerprint density at radius 3 is 2.78 bits per heavy atom. The van der Waals surface area contributed by atoms with Crippen molar-refractivity contribution in [1.29, 1.82) is 0 Å². The monoisotopic (exact) mass is 252 g/mol. The number of para-hydroxylation sites is 1. The SMILES string of the molecule is COc1c(N)cccc1C(=O)N(C)CCC(C)O. The van der Waals surface area contributed by atoms with Gasteiger partial charge in [-0.05, 0) is 25.5 Å². The van der Waals surface area contributed by atoms with E-state index >= 15 is 0 Å². The Labute approximate surface area is 107 Å². The molecule has 1 atom stereocenters. The van der Waals surface area contributed by atoms with Crippen LogP contribution in [0.25, 0.3) is 0 Å². The lowest BCUT2D eigenvalue weighted by Crippen LogP contribution is -2.29. The number of ether oxygens (including phenoxy) is 1. The Balaban J connectivity index is 2.86. The molecule has 1 unspecified atom stereocenters. The van der Waals surface area contributed by atoms with Crippen molar-refractivity contribution in [3.05, 3.63) is 23.8 Å². The first kappa shape index (κ1) is 14.3. The van der Waals surface area contributed by atoms with Crippen molar-refractivity contribution >= 4 is 11.6 Å². The Kier molecular flexibility index (Phi) is 4.97. The van der Waals surface area contributed by atoms with Gasteiger partial charge in [0.1, 0.15) is 0 Å². The van der Waals surface area contributed by atoms with Crippen LogP contribution in [0.15, 0.2) is 18.2 Å². The zero-order chi connectivity index (χ0) is 13.7. The predicted octanol–water partition coefficient (Wildman–Crippen LogP) is 1.12. The van der Waals surface area contributed by atoms with E-state index in [0.717, 1.165) is 0 Å². The van der Waals surface area contributed by atoms with Gasteiger partial charge in [-0.3, -0.25) is 4.79 Å². The summed E-state index contributed by atoms with van der Waals surface area (Å²) in [6, 6.07) is 5.08. The highest BCUT2D eigenvalue weighted by atomic mass is 16.5. The maximum absolute atomic E-state index is 12.2. The Morgan fingerprint density at radius 2 is 2.22 bits per heavy atom. The average molecular weight is 252 g/mol. The third kappa shape index (κ3) is 3.37. The zero-order valence-electron chi connectivity index (χ0n) is 11.0. The summed E-state index contributed by atoms with van der Waals surface area (Å²) in [5.74, 6) is 0.228. The fourth-order valence-electron chi connectivity index (χ4n) is 1.64. The van der Waals surface area contributed by atoms with Crippen LogP contribution in [0, 0.1) is 0 Å². The first-order chi connectivity index (χ1) is 8.47. The number of hydrogen-bond acceptors (Lipinski definition) is 4. The van der Waals surface area contributed by atoms with Crippen molar-refractivity contribution in [3.63, 3.8) is 0 Å². The number of hydrogen-bond donors (Lipinski definition) is 2. The number of methoxy groups -OCH3 is 1. The predicted molar refractivity (Wildman–Crippen MR) is 70.7 cm³/mol. The van der Waals surface area contributed by atoms with Gasteiger partial charge in [-0.15, -0.1) is 0 Å². The highest BCUT2D eigenvalue weighted by molar-refractivity contribution is 5.98. The standard InChI is InChI=1S/C13H20N2O3/c1-9(16)7-8-15(2)13(17)10-5-4-6-11(14)12(10)18-3/h4-6,9,16H,7-8,14H2,1-3H3. The molecular weight excluding hydrogens is 232 g/mol. The van der Waals surface area contributed by atoms with Gasteiger partial charge in [0.15, 0.2) is 5.75 Å². The van der Waals surface area contributed by atoms with E-state index in [1.807, 2.05) is 0 Å². The van der Waals surface area contributed by atoms with Gasteiger partial charge < -0.3 is 20.5 Å². The smallest absolute Gasteiger partial charge is 0.257 e. The van der Waals surface area contributed by atoms with Crippen LogP contribution in [0.1, 0.15) is 23.7 Å². The van der Waals surface area contributed by atoms with Crippen molar-refractivity contribution in [2.45, 2.75) is 19.4 Å². The molecule has 0 bridgehead atoms. The number of rotatable bonds is 5. The molecule has 5 heteroatoms. The maximum atomic E-state index is 12.2.